The van der Waals surface area contributed by atoms with Crippen molar-refractivity contribution in [1.82, 2.24) is 20.3 Å². The molecular formula is C29H37N7O2. The zero-order valence-corrected chi connectivity index (χ0v) is 22.7. The van der Waals surface area contributed by atoms with Crippen LogP contribution in [0.5, 0.6) is 0 Å². The molecule has 2 saturated heterocycles. The molecule has 0 spiro atoms. The second-order valence-electron chi connectivity index (χ2n) is 11.3. The van der Waals surface area contributed by atoms with Crippen LogP contribution in [-0.4, -0.2) is 66.6 Å². The number of anilines is 5. The van der Waals surface area contributed by atoms with Crippen LogP contribution in [0, 0.1) is 0 Å². The summed E-state index contributed by atoms with van der Waals surface area (Å²) in [5.74, 6) is 2.38. The van der Waals surface area contributed by atoms with Crippen LogP contribution in [0.1, 0.15) is 38.3 Å². The number of ether oxygens (including phenoxy) is 2. The van der Waals surface area contributed by atoms with Gasteiger partial charge in [-0.1, -0.05) is 6.92 Å². The number of nitrogens with zero attached hydrogens (tertiary/aromatic N) is 5. The quantitative estimate of drug-likeness (QED) is 0.503. The molecule has 0 aliphatic carbocycles. The predicted molar refractivity (Wildman–Crippen MR) is 150 cm³/mol. The van der Waals surface area contributed by atoms with Gasteiger partial charge in [0.15, 0.2) is 0 Å². The molecule has 9 nitrogen and oxygen atoms in total. The topological polar surface area (TPSA) is 87.7 Å². The maximum absolute atomic E-state index is 6.33. The Balaban J connectivity index is 1.33. The molecule has 3 aliphatic heterocycles. The van der Waals surface area contributed by atoms with Crippen molar-refractivity contribution in [2.24, 2.45) is 0 Å². The third-order valence-corrected chi connectivity index (χ3v) is 8.04. The molecule has 1 aromatic carbocycles. The lowest BCUT2D eigenvalue weighted by molar-refractivity contribution is -0.0893. The fourth-order valence-electron chi connectivity index (χ4n) is 5.87. The normalized spacial score (nSPS) is 24.2. The molecule has 6 rings (SSSR count). The zero-order chi connectivity index (χ0) is 26.3. The summed E-state index contributed by atoms with van der Waals surface area (Å²) in [6.45, 7) is 11.4. The third kappa shape index (κ3) is 4.59. The highest BCUT2D eigenvalue weighted by Crippen LogP contribution is 2.53. The Morgan fingerprint density at radius 3 is 2.61 bits per heavy atom. The number of rotatable bonds is 6. The first-order chi connectivity index (χ1) is 18.4. The SMILES string of the molecule is CNCc1ccnc(N2c3nc(Nc4ccc(N5CCOCC5)cc4)ncc3[C@@]3(C)COC(C)(C)C[C@@H]23)c1. The average Bonchev–Trinajstić information content (AvgIpc) is 3.17. The van der Waals surface area contributed by atoms with E-state index in [0.29, 0.717) is 12.6 Å². The van der Waals surface area contributed by atoms with Crippen molar-refractivity contribution in [2.75, 3.05) is 55.1 Å². The highest BCUT2D eigenvalue weighted by molar-refractivity contribution is 5.71. The van der Waals surface area contributed by atoms with Crippen molar-refractivity contribution in [2.45, 2.75) is 50.8 Å². The van der Waals surface area contributed by atoms with Gasteiger partial charge in [0.1, 0.15) is 11.6 Å². The van der Waals surface area contributed by atoms with Gasteiger partial charge >= 0.3 is 0 Å². The van der Waals surface area contributed by atoms with Crippen LogP contribution in [-0.2, 0) is 21.4 Å². The van der Waals surface area contributed by atoms with Crippen LogP contribution < -0.4 is 20.4 Å². The smallest absolute Gasteiger partial charge is 0.229 e. The summed E-state index contributed by atoms with van der Waals surface area (Å²) in [4.78, 5) is 19.3. The minimum Gasteiger partial charge on any atom is -0.378 e. The summed E-state index contributed by atoms with van der Waals surface area (Å²) in [6.07, 6.45) is 4.72. The molecule has 2 fully saturated rings. The minimum absolute atomic E-state index is 0.163. The van der Waals surface area contributed by atoms with E-state index in [1.54, 1.807) is 0 Å². The van der Waals surface area contributed by atoms with Gasteiger partial charge in [-0.3, -0.25) is 0 Å². The van der Waals surface area contributed by atoms with Crippen molar-refractivity contribution in [3.63, 3.8) is 0 Å². The van der Waals surface area contributed by atoms with E-state index in [1.165, 1.54) is 11.3 Å². The second-order valence-corrected chi connectivity index (χ2v) is 11.3. The van der Waals surface area contributed by atoms with E-state index in [4.69, 9.17) is 24.4 Å². The molecular weight excluding hydrogens is 478 g/mol. The molecule has 0 radical (unpaired) electrons. The van der Waals surface area contributed by atoms with Gasteiger partial charge in [0.2, 0.25) is 5.95 Å². The number of pyridine rings is 1. The lowest BCUT2D eigenvalue weighted by Crippen LogP contribution is -2.54. The zero-order valence-electron chi connectivity index (χ0n) is 22.7. The van der Waals surface area contributed by atoms with Gasteiger partial charge in [-0.05, 0) is 69.3 Å². The summed E-state index contributed by atoms with van der Waals surface area (Å²) in [5.41, 5.74) is 3.98. The van der Waals surface area contributed by atoms with E-state index in [9.17, 15) is 0 Å². The van der Waals surface area contributed by atoms with Crippen molar-refractivity contribution < 1.29 is 9.47 Å². The summed E-state index contributed by atoms with van der Waals surface area (Å²) < 4.78 is 11.8. The molecule has 0 amide bonds. The molecule has 0 saturated carbocycles. The van der Waals surface area contributed by atoms with Crippen LogP contribution in [0.25, 0.3) is 0 Å². The molecule has 2 atom stereocenters. The maximum atomic E-state index is 6.33. The first-order valence-corrected chi connectivity index (χ1v) is 13.5. The number of benzene rings is 1. The van der Waals surface area contributed by atoms with Gasteiger partial charge in [-0.25, -0.2) is 9.97 Å². The summed E-state index contributed by atoms with van der Waals surface area (Å²) in [5, 5.41) is 6.67. The minimum atomic E-state index is -0.232. The Morgan fingerprint density at radius 2 is 1.84 bits per heavy atom. The molecule has 5 heterocycles. The van der Waals surface area contributed by atoms with E-state index >= 15 is 0 Å². The monoisotopic (exact) mass is 515 g/mol. The van der Waals surface area contributed by atoms with E-state index in [2.05, 4.69) is 77.6 Å². The van der Waals surface area contributed by atoms with Gasteiger partial charge in [-0.15, -0.1) is 0 Å². The summed E-state index contributed by atoms with van der Waals surface area (Å²) in [7, 11) is 1.96. The molecule has 3 aromatic rings. The lowest BCUT2D eigenvalue weighted by Gasteiger charge is -2.46. The Morgan fingerprint density at radius 1 is 1.05 bits per heavy atom. The first-order valence-electron chi connectivity index (χ1n) is 13.5. The number of nitrogens with one attached hydrogen (secondary N) is 2. The number of aromatic nitrogens is 3. The fourth-order valence-corrected chi connectivity index (χ4v) is 5.87. The number of hydrogen-bond acceptors (Lipinski definition) is 9. The van der Waals surface area contributed by atoms with E-state index in [1.807, 2.05) is 19.4 Å². The molecule has 0 bridgehead atoms. The largest absolute Gasteiger partial charge is 0.378 e. The summed E-state index contributed by atoms with van der Waals surface area (Å²) >= 11 is 0. The van der Waals surface area contributed by atoms with Crippen LogP contribution >= 0.6 is 0 Å². The van der Waals surface area contributed by atoms with E-state index in [-0.39, 0.29) is 17.1 Å². The van der Waals surface area contributed by atoms with Gasteiger partial charge in [0.05, 0.1) is 31.5 Å². The van der Waals surface area contributed by atoms with Crippen molar-refractivity contribution in [3.8, 4) is 0 Å². The van der Waals surface area contributed by atoms with E-state index in [0.717, 1.165) is 62.2 Å². The number of fused-ring (bicyclic) bond motifs is 3. The lowest BCUT2D eigenvalue weighted by atomic mass is 9.73. The molecule has 38 heavy (non-hydrogen) atoms. The van der Waals surface area contributed by atoms with Crippen LogP contribution in [0.2, 0.25) is 0 Å². The molecule has 3 aliphatic rings. The Kier molecular flexibility index (Phi) is 6.45. The number of hydrogen-bond donors (Lipinski definition) is 2. The molecule has 0 unspecified atom stereocenters. The van der Waals surface area contributed by atoms with Crippen LogP contribution in [0.4, 0.5) is 29.0 Å². The van der Waals surface area contributed by atoms with Crippen molar-refractivity contribution in [1.29, 1.82) is 0 Å². The van der Waals surface area contributed by atoms with Gasteiger partial charge < -0.3 is 29.9 Å². The average molecular weight is 516 g/mol. The van der Waals surface area contributed by atoms with Gasteiger partial charge in [0.25, 0.3) is 0 Å². The predicted octanol–water partition coefficient (Wildman–Crippen LogP) is 4.15. The second kappa shape index (κ2) is 9.80. The highest BCUT2D eigenvalue weighted by atomic mass is 16.5. The third-order valence-electron chi connectivity index (χ3n) is 8.04. The highest BCUT2D eigenvalue weighted by Gasteiger charge is 2.55. The standard InChI is InChI=1S/C29H37N7O2/c1-28(2)16-24-29(3,19-38-28)23-18-32-27(33-21-5-7-22(8-6-21)35-11-13-37-14-12-35)34-26(23)36(24)25-15-20(17-30-4)9-10-31-25/h5-10,15,18,24,30H,11-14,16-17,19H2,1-4H3,(H,32,33,34)/t24-,29-/m1/s1. The van der Waals surface area contributed by atoms with Crippen molar-refractivity contribution >= 4 is 29.0 Å². The Hall–Kier alpha value is -3.27. The maximum Gasteiger partial charge on any atom is 0.229 e. The van der Waals surface area contributed by atoms with Gasteiger partial charge in [-0.2, -0.15) is 4.98 Å². The molecule has 9 heteroatoms. The van der Waals surface area contributed by atoms with Gasteiger partial charge in [0, 0.05) is 54.4 Å². The van der Waals surface area contributed by atoms with Crippen LogP contribution in [0.15, 0.2) is 48.8 Å². The Labute approximate surface area is 224 Å². The summed E-state index contributed by atoms with van der Waals surface area (Å²) in [6, 6.07) is 12.8. The van der Waals surface area contributed by atoms with E-state index < -0.39 is 0 Å². The molecule has 2 N–H and O–H groups in total. The molecule has 2 aromatic heterocycles. The number of morpholine rings is 1. The Bertz CT molecular complexity index is 1290. The van der Waals surface area contributed by atoms with Crippen LogP contribution in [0.3, 0.4) is 0 Å². The fraction of sp³-hybridized carbons (Fsp3) is 0.483. The first kappa shape index (κ1) is 25.0. The molecule has 200 valence electrons. The van der Waals surface area contributed by atoms with Crippen molar-refractivity contribution in [3.05, 3.63) is 59.9 Å².